The maximum atomic E-state index is 12.3. The van der Waals surface area contributed by atoms with Gasteiger partial charge in [0.15, 0.2) is 0 Å². The highest BCUT2D eigenvalue weighted by Crippen LogP contribution is 2.47. The molecule has 0 saturated heterocycles. The molecule has 3 rings (SSSR count). The van der Waals surface area contributed by atoms with E-state index in [9.17, 15) is 9.59 Å². The molecule has 0 aromatic carbocycles. The number of hydrogen-bond acceptors (Lipinski definition) is 5. The van der Waals surface area contributed by atoms with Gasteiger partial charge in [-0.15, -0.1) is 0 Å². The minimum atomic E-state index is -0.454. The predicted molar refractivity (Wildman–Crippen MR) is 95.5 cm³/mol. The largest absolute Gasteiger partial charge is 0.465 e. The summed E-state index contributed by atoms with van der Waals surface area (Å²) in [5, 5.41) is 0. The number of methoxy groups -OCH3 is 1. The zero-order valence-corrected chi connectivity index (χ0v) is 15.4. The molecule has 2 unspecified atom stereocenters. The van der Waals surface area contributed by atoms with E-state index in [4.69, 9.17) is 13.6 Å². The molecule has 0 radical (unpaired) electrons. The van der Waals surface area contributed by atoms with E-state index < -0.39 is 5.97 Å². The number of carbonyl (C=O) groups excluding carboxylic acids is 2. The van der Waals surface area contributed by atoms with Crippen molar-refractivity contribution >= 4 is 18.0 Å². The lowest BCUT2D eigenvalue weighted by Gasteiger charge is -2.12. The highest BCUT2D eigenvalue weighted by atomic mass is 16.5. The average molecular weight is 357 g/mol. The Hall–Kier alpha value is -2.76. The van der Waals surface area contributed by atoms with Crippen LogP contribution >= 0.6 is 0 Å². The highest BCUT2D eigenvalue weighted by Gasteiger charge is 2.36. The Kier molecular flexibility index (Phi) is 5.02. The zero-order chi connectivity index (χ0) is 18.8. The number of likely N-dealkylation sites (N-methyl/N-ethyl adjacent to an activating group) is 1. The first-order valence-corrected chi connectivity index (χ1v) is 8.59. The van der Waals surface area contributed by atoms with Crippen molar-refractivity contribution in [3.05, 3.63) is 52.9 Å². The summed E-state index contributed by atoms with van der Waals surface area (Å²) in [6, 6.07) is 5.45. The van der Waals surface area contributed by atoms with Crippen molar-refractivity contribution < 1.29 is 23.2 Å². The standard InChI is InChI=1S/C20H23NO5/c1-12-9-16(12)18-7-5-14(26-18)6-8-19(22)21(3)11-15-10-17(13(2)25-15)20(23)24-4/h5-8,10,12,16H,9,11H2,1-4H3/b8-6+. The molecular formula is C20H23NO5. The quantitative estimate of drug-likeness (QED) is 0.581. The van der Waals surface area contributed by atoms with Crippen LogP contribution in [0.1, 0.15) is 52.7 Å². The molecule has 2 heterocycles. The lowest BCUT2D eigenvalue weighted by atomic mass is 10.2. The Morgan fingerprint density at radius 2 is 2.08 bits per heavy atom. The SMILES string of the molecule is COC(=O)c1cc(CN(C)C(=O)/C=C/c2ccc(C3CC3C)o2)oc1C. The maximum Gasteiger partial charge on any atom is 0.341 e. The van der Waals surface area contributed by atoms with Gasteiger partial charge in [-0.3, -0.25) is 4.79 Å². The van der Waals surface area contributed by atoms with E-state index in [-0.39, 0.29) is 12.5 Å². The van der Waals surface area contributed by atoms with E-state index in [1.54, 1.807) is 26.1 Å². The van der Waals surface area contributed by atoms with E-state index in [0.29, 0.717) is 34.7 Å². The van der Waals surface area contributed by atoms with Crippen molar-refractivity contribution in [2.75, 3.05) is 14.2 Å². The highest BCUT2D eigenvalue weighted by molar-refractivity contribution is 5.92. The summed E-state index contributed by atoms with van der Waals surface area (Å²) in [6.45, 7) is 4.14. The number of ether oxygens (including phenoxy) is 1. The second-order valence-electron chi connectivity index (χ2n) is 6.76. The number of furan rings is 2. The van der Waals surface area contributed by atoms with Crippen LogP contribution in [0.4, 0.5) is 0 Å². The average Bonchev–Trinajstić information content (AvgIpc) is 3.01. The van der Waals surface area contributed by atoms with Gasteiger partial charge in [-0.25, -0.2) is 4.79 Å². The van der Waals surface area contributed by atoms with Gasteiger partial charge in [0.05, 0.1) is 13.7 Å². The van der Waals surface area contributed by atoms with Crippen molar-refractivity contribution in [3.63, 3.8) is 0 Å². The van der Waals surface area contributed by atoms with Crippen LogP contribution < -0.4 is 0 Å². The maximum absolute atomic E-state index is 12.3. The summed E-state index contributed by atoms with van der Waals surface area (Å²) in [6.07, 6.45) is 4.30. The van der Waals surface area contributed by atoms with Crippen molar-refractivity contribution in [1.29, 1.82) is 0 Å². The van der Waals surface area contributed by atoms with E-state index >= 15 is 0 Å². The van der Waals surface area contributed by atoms with Gasteiger partial charge in [0, 0.05) is 19.0 Å². The molecule has 1 amide bonds. The molecule has 1 aliphatic rings. The Bertz CT molecular complexity index is 844. The van der Waals surface area contributed by atoms with Crippen molar-refractivity contribution in [2.24, 2.45) is 5.92 Å². The van der Waals surface area contributed by atoms with Gasteiger partial charge in [0.25, 0.3) is 0 Å². The lowest BCUT2D eigenvalue weighted by Crippen LogP contribution is -2.23. The van der Waals surface area contributed by atoms with Crippen LogP contribution in [0.25, 0.3) is 6.08 Å². The Labute approximate surface area is 152 Å². The van der Waals surface area contributed by atoms with Crippen LogP contribution in [0.15, 0.2) is 33.1 Å². The molecule has 1 saturated carbocycles. The molecule has 2 aromatic rings. The molecule has 0 bridgehead atoms. The molecule has 0 N–H and O–H groups in total. The number of esters is 1. The molecule has 1 aliphatic carbocycles. The van der Waals surface area contributed by atoms with Gasteiger partial charge in [-0.1, -0.05) is 6.92 Å². The topological polar surface area (TPSA) is 72.9 Å². The molecule has 2 aromatic heterocycles. The second kappa shape index (κ2) is 7.23. The monoisotopic (exact) mass is 357 g/mol. The van der Waals surface area contributed by atoms with Crippen molar-refractivity contribution in [2.45, 2.75) is 32.7 Å². The minimum Gasteiger partial charge on any atom is -0.465 e. The number of amides is 1. The number of rotatable bonds is 6. The van der Waals surface area contributed by atoms with Gasteiger partial charge in [-0.05, 0) is 43.5 Å². The summed E-state index contributed by atoms with van der Waals surface area (Å²) >= 11 is 0. The fourth-order valence-corrected chi connectivity index (χ4v) is 2.90. The Morgan fingerprint density at radius 3 is 2.73 bits per heavy atom. The van der Waals surface area contributed by atoms with Crippen molar-refractivity contribution in [3.8, 4) is 0 Å². The number of carbonyl (C=O) groups is 2. The van der Waals surface area contributed by atoms with E-state index in [1.807, 2.05) is 12.1 Å². The molecular weight excluding hydrogens is 334 g/mol. The zero-order valence-electron chi connectivity index (χ0n) is 15.4. The second-order valence-corrected chi connectivity index (χ2v) is 6.76. The smallest absolute Gasteiger partial charge is 0.341 e. The molecule has 6 heteroatoms. The molecule has 6 nitrogen and oxygen atoms in total. The number of hydrogen-bond donors (Lipinski definition) is 0. The summed E-state index contributed by atoms with van der Waals surface area (Å²) < 4.78 is 16.0. The lowest BCUT2D eigenvalue weighted by molar-refractivity contribution is -0.125. The van der Waals surface area contributed by atoms with Gasteiger partial charge in [-0.2, -0.15) is 0 Å². The van der Waals surface area contributed by atoms with Crippen molar-refractivity contribution in [1.82, 2.24) is 4.90 Å². The van der Waals surface area contributed by atoms with E-state index in [0.717, 1.165) is 12.2 Å². The first-order chi connectivity index (χ1) is 12.4. The number of nitrogens with zero attached hydrogens (tertiary/aromatic N) is 1. The fraction of sp³-hybridized carbons (Fsp3) is 0.400. The van der Waals surface area contributed by atoms with Crippen LogP contribution in [0.3, 0.4) is 0 Å². The molecule has 0 aliphatic heterocycles. The van der Waals surface area contributed by atoms with Crippen LogP contribution in [0.2, 0.25) is 0 Å². The molecule has 26 heavy (non-hydrogen) atoms. The normalized spacial score (nSPS) is 18.9. The van der Waals surface area contributed by atoms with Gasteiger partial charge < -0.3 is 18.5 Å². The van der Waals surface area contributed by atoms with Gasteiger partial charge in [0.1, 0.15) is 28.6 Å². The summed E-state index contributed by atoms with van der Waals surface area (Å²) in [7, 11) is 2.99. The van der Waals surface area contributed by atoms with Gasteiger partial charge in [0.2, 0.25) is 5.91 Å². The predicted octanol–water partition coefficient (Wildman–Crippen LogP) is 3.76. The van der Waals surface area contributed by atoms with E-state index in [2.05, 4.69) is 6.92 Å². The first-order valence-electron chi connectivity index (χ1n) is 8.59. The van der Waals surface area contributed by atoms with Crippen LogP contribution in [0, 0.1) is 12.8 Å². The minimum absolute atomic E-state index is 0.184. The molecule has 1 fully saturated rings. The summed E-state index contributed by atoms with van der Waals surface area (Å²) in [5.74, 6) is 3.21. The summed E-state index contributed by atoms with van der Waals surface area (Å²) in [4.78, 5) is 25.4. The third-order valence-electron chi connectivity index (χ3n) is 4.66. The van der Waals surface area contributed by atoms with Crippen LogP contribution in [-0.2, 0) is 16.1 Å². The third kappa shape index (κ3) is 3.90. The molecule has 0 spiro atoms. The summed E-state index contributed by atoms with van der Waals surface area (Å²) in [5.41, 5.74) is 0.372. The van der Waals surface area contributed by atoms with E-state index in [1.165, 1.54) is 18.1 Å². The Balaban J connectivity index is 1.59. The van der Waals surface area contributed by atoms with Crippen LogP contribution in [-0.4, -0.2) is 30.9 Å². The number of aryl methyl sites for hydroxylation is 1. The Morgan fingerprint density at radius 1 is 1.35 bits per heavy atom. The fourth-order valence-electron chi connectivity index (χ4n) is 2.90. The van der Waals surface area contributed by atoms with Gasteiger partial charge >= 0.3 is 5.97 Å². The van der Waals surface area contributed by atoms with Crippen LogP contribution in [0.5, 0.6) is 0 Å². The first kappa shape index (κ1) is 18.0. The molecule has 2 atom stereocenters. The molecule has 138 valence electrons. The third-order valence-corrected chi connectivity index (χ3v) is 4.66.